The molecule has 0 aromatic carbocycles. The number of hydrogen-bond donors (Lipinski definition) is 0. The van der Waals surface area contributed by atoms with E-state index in [9.17, 15) is 0 Å². The summed E-state index contributed by atoms with van der Waals surface area (Å²) in [5.41, 5.74) is 1.11. The van der Waals surface area contributed by atoms with Gasteiger partial charge >= 0.3 is 0 Å². The van der Waals surface area contributed by atoms with Crippen molar-refractivity contribution in [3.8, 4) is 10.7 Å². The number of aryl methyl sites for hydroxylation is 1. The van der Waals surface area contributed by atoms with E-state index in [2.05, 4.69) is 27.1 Å². The summed E-state index contributed by atoms with van der Waals surface area (Å²) in [5, 5.41) is 12.8. The van der Waals surface area contributed by atoms with Gasteiger partial charge in [0.2, 0.25) is 0 Å². The van der Waals surface area contributed by atoms with Crippen LogP contribution in [0.4, 0.5) is 0 Å². The van der Waals surface area contributed by atoms with Crippen LogP contribution in [0.15, 0.2) is 10.5 Å². The molecule has 2 aromatic rings. The van der Waals surface area contributed by atoms with E-state index in [1.54, 1.807) is 11.3 Å². The Hall–Kier alpha value is -0.520. The van der Waals surface area contributed by atoms with Crippen molar-refractivity contribution < 1.29 is 0 Å². The minimum Gasteiger partial charge on any atom is -0.302 e. The highest BCUT2D eigenvalue weighted by Crippen LogP contribution is 2.37. The Bertz CT molecular complexity index is 629. The predicted molar refractivity (Wildman–Crippen MR) is 96.1 cm³/mol. The standard InChI is InChI=1S/C16H22ClN3S2/c1-3-20-15(14-13(17)11(2)9-21-14)18-19-16(20)22-10-12-7-5-4-6-8-12/h9,12H,3-8,10H2,1-2H3. The molecule has 0 amide bonds. The van der Waals surface area contributed by atoms with E-state index in [-0.39, 0.29) is 0 Å². The number of halogens is 1. The van der Waals surface area contributed by atoms with Crippen molar-refractivity contribution in [1.29, 1.82) is 0 Å². The quantitative estimate of drug-likeness (QED) is 0.648. The lowest BCUT2D eigenvalue weighted by atomic mass is 9.91. The lowest BCUT2D eigenvalue weighted by Gasteiger charge is -2.20. The topological polar surface area (TPSA) is 30.7 Å². The van der Waals surface area contributed by atoms with Gasteiger partial charge in [-0.05, 0) is 43.6 Å². The highest BCUT2D eigenvalue weighted by Gasteiger charge is 2.20. The van der Waals surface area contributed by atoms with Crippen LogP contribution in [0.3, 0.4) is 0 Å². The fourth-order valence-corrected chi connectivity index (χ4v) is 5.43. The Labute approximate surface area is 145 Å². The minimum absolute atomic E-state index is 0.816. The normalized spacial score (nSPS) is 16.3. The molecule has 0 atom stereocenters. The number of thiophene rings is 1. The largest absolute Gasteiger partial charge is 0.302 e. The monoisotopic (exact) mass is 355 g/mol. The molecule has 1 saturated carbocycles. The molecular weight excluding hydrogens is 334 g/mol. The molecule has 2 heterocycles. The van der Waals surface area contributed by atoms with Crippen LogP contribution in [0.5, 0.6) is 0 Å². The smallest absolute Gasteiger partial charge is 0.191 e. The summed E-state index contributed by atoms with van der Waals surface area (Å²) in [6, 6.07) is 0. The van der Waals surface area contributed by atoms with E-state index < -0.39 is 0 Å². The van der Waals surface area contributed by atoms with E-state index in [1.165, 1.54) is 32.1 Å². The highest BCUT2D eigenvalue weighted by molar-refractivity contribution is 7.99. The number of nitrogens with zero attached hydrogens (tertiary/aromatic N) is 3. The summed E-state index contributed by atoms with van der Waals surface area (Å²) in [7, 11) is 0. The van der Waals surface area contributed by atoms with Gasteiger partial charge in [-0.3, -0.25) is 0 Å². The van der Waals surface area contributed by atoms with Gasteiger partial charge in [-0.1, -0.05) is 42.6 Å². The van der Waals surface area contributed by atoms with Crippen molar-refractivity contribution in [2.24, 2.45) is 5.92 Å². The molecule has 3 nitrogen and oxygen atoms in total. The van der Waals surface area contributed by atoms with Crippen LogP contribution >= 0.6 is 34.7 Å². The maximum atomic E-state index is 6.40. The van der Waals surface area contributed by atoms with Gasteiger partial charge in [0.15, 0.2) is 11.0 Å². The van der Waals surface area contributed by atoms with Gasteiger partial charge in [-0.25, -0.2) is 0 Å². The number of rotatable bonds is 5. The molecule has 0 N–H and O–H groups in total. The Morgan fingerprint density at radius 3 is 2.73 bits per heavy atom. The fourth-order valence-electron chi connectivity index (χ4n) is 2.98. The molecule has 0 radical (unpaired) electrons. The van der Waals surface area contributed by atoms with Crippen LogP contribution in [-0.2, 0) is 6.54 Å². The van der Waals surface area contributed by atoms with Gasteiger partial charge in [-0.15, -0.1) is 21.5 Å². The molecule has 1 aliphatic rings. The molecule has 0 spiro atoms. The average molecular weight is 356 g/mol. The Balaban J connectivity index is 1.77. The summed E-state index contributed by atoms with van der Waals surface area (Å²) in [5.74, 6) is 2.92. The van der Waals surface area contributed by atoms with Crippen LogP contribution in [0.1, 0.15) is 44.6 Å². The molecule has 22 heavy (non-hydrogen) atoms. The summed E-state index contributed by atoms with van der Waals surface area (Å²) < 4.78 is 2.20. The van der Waals surface area contributed by atoms with E-state index in [0.717, 1.165) is 44.7 Å². The molecule has 1 fully saturated rings. The lowest BCUT2D eigenvalue weighted by molar-refractivity contribution is 0.390. The van der Waals surface area contributed by atoms with E-state index in [4.69, 9.17) is 11.6 Å². The molecule has 1 aliphatic carbocycles. The summed E-state index contributed by atoms with van der Waals surface area (Å²) >= 11 is 9.91. The van der Waals surface area contributed by atoms with Crippen molar-refractivity contribution >= 4 is 34.7 Å². The van der Waals surface area contributed by atoms with Crippen molar-refractivity contribution in [3.05, 3.63) is 16.0 Å². The van der Waals surface area contributed by atoms with Crippen LogP contribution < -0.4 is 0 Å². The maximum absolute atomic E-state index is 6.40. The third-order valence-corrected chi connectivity index (χ3v) is 7.20. The number of aromatic nitrogens is 3. The van der Waals surface area contributed by atoms with Crippen molar-refractivity contribution in [3.63, 3.8) is 0 Å². The highest BCUT2D eigenvalue weighted by atomic mass is 35.5. The second kappa shape index (κ2) is 7.37. The van der Waals surface area contributed by atoms with E-state index >= 15 is 0 Å². The Morgan fingerprint density at radius 2 is 2.09 bits per heavy atom. The summed E-state index contributed by atoms with van der Waals surface area (Å²) in [4.78, 5) is 1.04. The molecule has 0 bridgehead atoms. The average Bonchev–Trinajstić information content (AvgIpc) is 3.10. The predicted octanol–water partition coefficient (Wildman–Crippen LogP) is 5.66. The number of hydrogen-bond acceptors (Lipinski definition) is 4. The van der Waals surface area contributed by atoms with Crippen LogP contribution in [0.25, 0.3) is 10.7 Å². The maximum Gasteiger partial charge on any atom is 0.191 e. The van der Waals surface area contributed by atoms with Gasteiger partial charge in [0.1, 0.15) is 0 Å². The van der Waals surface area contributed by atoms with Gasteiger partial charge in [-0.2, -0.15) is 0 Å². The van der Waals surface area contributed by atoms with Crippen molar-refractivity contribution in [2.75, 3.05) is 5.75 Å². The zero-order valence-corrected chi connectivity index (χ0v) is 15.5. The fraction of sp³-hybridized carbons (Fsp3) is 0.625. The van der Waals surface area contributed by atoms with E-state index in [1.807, 2.05) is 18.7 Å². The summed E-state index contributed by atoms with van der Waals surface area (Å²) in [6.45, 7) is 5.06. The molecule has 6 heteroatoms. The third-order valence-electron chi connectivity index (χ3n) is 4.31. The third kappa shape index (κ3) is 3.36. The second-order valence-corrected chi connectivity index (χ2v) is 8.17. The molecular formula is C16H22ClN3S2. The first kappa shape index (κ1) is 16.3. The van der Waals surface area contributed by atoms with Crippen LogP contribution in [0, 0.1) is 12.8 Å². The van der Waals surface area contributed by atoms with Gasteiger partial charge in [0, 0.05) is 12.3 Å². The first-order valence-electron chi connectivity index (χ1n) is 8.00. The van der Waals surface area contributed by atoms with E-state index in [0.29, 0.717) is 0 Å². The zero-order chi connectivity index (χ0) is 15.5. The van der Waals surface area contributed by atoms with Crippen molar-refractivity contribution in [2.45, 2.75) is 57.7 Å². The molecule has 120 valence electrons. The minimum atomic E-state index is 0.816. The molecule has 0 unspecified atom stereocenters. The first-order valence-corrected chi connectivity index (χ1v) is 10.2. The van der Waals surface area contributed by atoms with Gasteiger partial charge in [0.05, 0.1) is 9.90 Å². The van der Waals surface area contributed by atoms with Crippen LogP contribution in [0.2, 0.25) is 5.02 Å². The SMILES string of the molecule is CCn1c(SCC2CCCCC2)nnc1-c1scc(C)c1Cl. The zero-order valence-electron chi connectivity index (χ0n) is 13.1. The van der Waals surface area contributed by atoms with Crippen molar-refractivity contribution in [1.82, 2.24) is 14.8 Å². The van der Waals surface area contributed by atoms with Gasteiger partial charge in [0.25, 0.3) is 0 Å². The first-order chi connectivity index (χ1) is 10.7. The molecule has 0 saturated heterocycles. The Morgan fingerprint density at radius 1 is 1.32 bits per heavy atom. The molecule has 2 aromatic heterocycles. The number of thioether (sulfide) groups is 1. The second-order valence-electron chi connectivity index (χ2n) is 5.93. The lowest BCUT2D eigenvalue weighted by Crippen LogP contribution is -2.09. The van der Waals surface area contributed by atoms with Crippen LogP contribution in [-0.4, -0.2) is 20.5 Å². The Kier molecular flexibility index (Phi) is 5.47. The summed E-state index contributed by atoms with van der Waals surface area (Å²) in [6.07, 6.45) is 6.93. The molecule has 3 rings (SSSR count). The van der Waals surface area contributed by atoms with Gasteiger partial charge < -0.3 is 4.57 Å². The molecule has 0 aliphatic heterocycles.